The Morgan fingerprint density at radius 1 is 1.50 bits per heavy atom. The largest absolute Gasteiger partial charge is 0.379 e. The lowest BCUT2D eigenvalue weighted by Gasteiger charge is -2.26. The summed E-state index contributed by atoms with van der Waals surface area (Å²) in [6.07, 6.45) is -0.0910. The molecule has 1 heterocycles. The maximum Gasteiger partial charge on any atom is 0.324 e. The SMILES string of the molecule is CC(C)OP(N)(=O)SCCN1CCOCC1. The van der Waals surface area contributed by atoms with Gasteiger partial charge in [0.2, 0.25) is 0 Å². The Labute approximate surface area is 101 Å². The van der Waals surface area contributed by atoms with E-state index in [1.807, 2.05) is 13.8 Å². The van der Waals surface area contributed by atoms with Gasteiger partial charge in [0.25, 0.3) is 0 Å². The molecule has 1 atom stereocenters. The molecule has 2 N–H and O–H groups in total. The molecule has 16 heavy (non-hydrogen) atoms. The van der Waals surface area contributed by atoms with E-state index in [4.69, 9.17) is 14.8 Å². The van der Waals surface area contributed by atoms with Crippen LogP contribution in [0.1, 0.15) is 13.8 Å². The fraction of sp³-hybridized carbons (Fsp3) is 1.00. The first-order valence-electron chi connectivity index (χ1n) is 5.51. The number of nitrogens with two attached hydrogens (primary N) is 1. The van der Waals surface area contributed by atoms with Crippen molar-refractivity contribution in [3.05, 3.63) is 0 Å². The summed E-state index contributed by atoms with van der Waals surface area (Å²) in [5.74, 6) is 0.737. The second-order valence-electron chi connectivity index (χ2n) is 3.98. The molecule has 0 bridgehead atoms. The molecule has 1 unspecified atom stereocenters. The third kappa shape index (κ3) is 6.23. The predicted octanol–water partition coefficient (Wildman–Crippen LogP) is 1.54. The van der Waals surface area contributed by atoms with E-state index >= 15 is 0 Å². The summed E-state index contributed by atoms with van der Waals surface area (Å²) in [5, 5.41) is 0. The molecule has 0 aromatic heterocycles. The molecule has 5 nitrogen and oxygen atoms in total. The van der Waals surface area contributed by atoms with Crippen molar-refractivity contribution in [2.24, 2.45) is 5.50 Å². The van der Waals surface area contributed by atoms with Crippen molar-refractivity contribution in [3.8, 4) is 0 Å². The minimum atomic E-state index is -2.96. The van der Waals surface area contributed by atoms with E-state index in [-0.39, 0.29) is 6.10 Å². The van der Waals surface area contributed by atoms with Crippen molar-refractivity contribution in [1.82, 2.24) is 4.90 Å². The molecule has 0 radical (unpaired) electrons. The summed E-state index contributed by atoms with van der Waals surface area (Å²) < 4.78 is 22.2. The molecular formula is C9H21N2O3PS. The number of hydrogen-bond acceptors (Lipinski definition) is 5. The van der Waals surface area contributed by atoms with Crippen LogP contribution < -0.4 is 5.50 Å². The van der Waals surface area contributed by atoms with E-state index < -0.39 is 6.72 Å². The van der Waals surface area contributed by atoms with Gasteiger partial charge in [-0.2, -0.15) is 0 Å². The molecule has 0 spiro atoms. The van der Waals surface area contributed by atoms with Crippen LogP contribution in [0.25, 0.3) is 0 Å². The maximum absolute atomic E-state index is 11.7. The zero-order valence-electron chi connectivity index (χ0n) is 9.92. The summed E-state index contributed by atoms with van der Waals surface area (Å²) in [7, 11) is 0. The van der Waals surface area contributed by atoms with Crippen LogP contribution in [-0.2, 0) is 13.8 Å². The normalized spacial score (nSPS) is 22.2. The van der Waals surface area contributed by atoms with Gasteiger partial charge in [-0.25, -0.2) is 0 Å². The van der Waals surface area contributed by atoms with Gasteiger partial charge in [0.05, 0.1) is 19.3 Å². The Bertz CT molecular complexity index is 247. The lowest BCUT2D eigenvalue weighted by atomic mass is 10.4. The van der Waals surface area contributed by atoms with Crippen LogP contribution >= 0.6 is 18.1 Å². The van der Waals surface area contributed by atoms with E-state index in [0.29, 0.717) is 0 Å². The Morgan fingerprint density at radius 3 is 2.69 bits per heavy atom. The van der Waals surface area contributed by atoms with Gasteiger partial charge in [-0.15, -0.1) is 0 Å². The van der Waals surface area contributed by atoms with E-state index in [2.05, 4.69) is 4.90 Å². The Morgan fingerprint density at radius 2 is 2.12 bits per heavy atom. The fourth-order valence-electron chi connectivity index (χ4n) is 1.45. The highest BCUT2D eigenvalue weighted by molar-refractivity contribution is 8.55. The van der Waals surface area contributed by atoms with Gasteiger partial charge in [0, 0.05) is 25.4 Å². The quantitative estimate of drug-likeness (QED) is 0.737. The second kappa shape index (κ2) is 6.99. The highest BCUT2D eigenvalue weighted by Gasteiger charge is 2.20. The van der Waals surface area contributed by atoms with E-state index in [0.717, 1.165) is 38.6 Å². The highest BCUT2D eigenvalue weighted by atomic mass is 32.7. The minimum Gasteiger partial charge on any atom is -0.379 e. The third-order valence-corrected chi connectivity index (χ3v) is 5.47. The van der Waals surface area contributed by atoms with Gasteiger partial charge in [-0.3, -0.25) is 15.0 Å². The summed E-state index contributed by atoms with van der Waals surface area (Å²) in [5.41, 5.74) is 5.59. The van der Waals surface area contributed by atoms with Crippen molar-refractivity contribution < 1.29 is 13.8 Å². The lowest BCUT2D eigenvalue weighted by molar-refractivity contribution is 0.0410. The molecule has 0 aliphatic carbocycles. The molecule has 1 aliphatic heterocycles. The summed E-state index contributed by atoms with van der Waals surface area (Å²) >= 11 is 1.23. The van der Waals surface area contributed by atoms with E-state index in [9.17, 15) is 4.57 Å². The van der Waals surface area contributed by atoms with Crippen LogP contribution in [0.2, 0.25) is 0 Å². The summed E-state index contributed by atoms with van der Waals surface area (Å²) in [4.78, 5) is 2.28. The van der Waals surface area contributed by atoms with E-state index in [1.165, 1.54) is 11.4 Å². The van der Waals surface area contributed by atoms with Crippen LogP contribution in [-0.4, -0.2) is 49.6 Å². The van der Waals surface area contributed by atoms with Gasteiger partial charge in [-0.05, 0) is 13.8 Å². The molecule has 7 heteroatoms. The molecule has 0 amide bonds. The molecular weight excluding hydrogens is 247 g/mol. The fourth-order valence-corrected chi connectivity index (χ4v) is 4.40. The number of morpholine rings is 1. The van der Waals surface area contributed by atoms with Gasteiger partial charge in [-0.1, -0.05) is 11.4 Å². The van der Waals surface area contributed by atoms with Gasteiger partial charge in [0.15, 0.2) is 0 Å². The zero-order valence-corrected chi connectivity index (χ0v) is 11.6. The van der Waals surface area contributed by atoms with Crippen molar-refractivity contribution in [1.29, 1.82) is 0 Å². The van der Waals surface area contributed by atoms with Crippen molar-refractivity contribution in [2.75, 3.05) is 38.6 Å². The number of nitrogens with zero attached hydrogens (tertiary/aromatic N) is 1. The number of rotatable bonds is 6. The van der Waals surface area contributed by atoms with Crippen LogP contribution in [0.4, 0.5) is 0 Å². The van der Waals surface area contributed by atoms with Crippen molar-refractivity contribution >= 4 is 18.1 Å². The first-order chi connectivity index (χ1) is 7.49. The average molecular weight is 268 g/mol. The molecule has 1 aliphatic rings. The van der Waals surface area contributed by atoms with Crippen LogP contribution in [0.15, 0.2) is 0 Å². The molecule has 96 valence electrons. The zero-order chi connectivity index (χ0) is 12.0. The number of hydrogen-bond donors (Lipinski definition) is 1. The molecule has 1 saturated heterocycles. The number of ether oxygens (including phenoxy) is 1. The molecule has 0 aromatic rings. The van der Waals surface area contributed by atoms with Crippen molar-refractivity contribution in [2.45, 2.75) is 20.0 Å². The van der Waals surface area contributed by atoms with Crippen LogP contribution in [0, 0.1) is 0 Å². The topological polar surface area (TPSA) is 64.8 Å². The van der Waals surface area contributed by atoms with Gasteiger partial charge < -0.3 is 9.26 Å². The molecule has 1 fully saturated rings. The average Bonchev–Trinajstić information content (AvgIpc) is 2.16. The molecule has 1 rings (SSSR count). The molecule has 0 saturated carbocycles. The Balaban J connectivity index is 2.15. The summed E-state index contributed by atoms with van der Waals surface area (Å²) in [6, 6.07) is 0. The predicted molar refractivity (Wildman–Crippen MR) is 67.7 cm³/mol. The molecule has 0 aromatic carbocycles. The minimum absolute atomic E-state index is 0.0910. The standard InChI is InChI=1S/C9H21N2O3PS/c1-9(2)14-15(10,12)16-8-5-11-3-6-13-7-4-11/h9H,3-8H2,1-2H3,(H2,10,12). The highest BCUT2D eigenvalue weighted by Crippen LogP contribution is 2.52. The summed E-state index contributed by atoms with van der Waals surface area (Å²) in [6.45, 7) is 5.06. The smallest absolute Gasteiger partial charge is 0.324 e. The lowest BCUT2D eigenvalue weighted by Crippen LogP contribution is -2.37. The van der Waals surface area contributed by atoms with Crippen molar-refractivity contribution in [3.63, 3.8) is 0 Å². The third-order valence-electron chi connectivity index (χ3n) is 2.14. The van der Waals surface area contributed by atoms with Gasteiger partial charge in [0.1, 0.15) is 0 Å². The maximum atomic E-state index is 11.7. The Hall–Kier alpha value is 0.420. The van der Waals surface area contributed by atoms with Gasteiger partial charge >= 0.3 is 6.72 Å². The van der Waals surface area contributed by atoms with Crippen LogP contribution in [0.3, 0.4) is 0 Å². The van der Waals surface area contributed by atoms with Crippen LogP contribution in [0.5, 0.6) is 0 Å². The Kier molecular flexibility index (Phi) is 6.32. The van der Waals surface area contributed by atoms with E-state index in [1.54, 1.807) is 0 Å². The second-order valence-corrected chi connectivity index (χ2v) is 8.24. The monoisotopic (exact) mass is 268 g/mol. The first-order valence-corrected chi connectivity index (χ1v) is 8.80. The first kappa shape index (κ1) is 14.5.